The molecule has 0 aliphatic heterocycles. The first kappa shape index (κ1) is 12.1. The smallest absolute Gasteiger partial charge is 0.118 e. The Morgan fingerprint density at radius 1 is 1.11 bits per heavy atom. The van der Waals surface area contributed by atoms with Gasteiger partial charge in [-0.05, 0) is 55.0 Å². The van der Waals surface area contributed by atoms with Gasteiger partial charge in [0.2, 0.25) is 0 Å². The highest BCUT2D eigenvalue weighted by Crippen LogP contribution is 2.43. The first-order valence-electron chi connectivity index (χ1n) is 6.85. The summed E-state index contributed by atoms with van der Waals surface area (Å²) in [5.74, 6) is 1.09. The first-order valence-corrected chi connectivity index (χ1v) is 6.85. The Kier molecular flexibility index (Phi) is 3.16. The third-order valence-corrected chi connectivity index (χ3v) is 3.77. The molecule has 98 valence electrons. The van der Waals surface area contributed by atoms with E-state index in [1.54, 1.807) is 6.07 Å². The number of phenolic OH excluding ortho intramolecular Hbond substituents is 1. The van der Waals surface area contributed by atoms with Crippen LogP contribution in [0.25, 0.3) is 0 Å². The van der Waals surface area contributed by atoms with E-state index >= 15 is 0 Å². The number of hydrogen-bond donors (Lipinski definition) is 2. The third-order valence-electron chi connectivity index (χ3n) is 3.77. The van der Waals surface area contributed by atoms with E-state index in [4.69, 9.17) is 0 Å². The standard InChI is InChI=1S/C17H19NO/c1-12-11-15(9-10-16(12)19)18-17(14-7-8-14)13-5-3-2-4-6-13/h2-6,9-11,14,17-19H,7-8H2,1H3. The number of aryl methyl sites for hydroxylation is 1. The zero-order valence-corrected chi connectivity index (χ0v) is 11.1. The minimum atomic E-state index is 0.355. The van der Waals surface area contributed by atoms with Crippen LogP contribution in [0.2, 0.25) is 0 Å². The van der Waals surface area contributed by atoms with Crippen LogP contribution in [0.3, 0.4) is 0 Å². The SMILES string of the molecule is Cc1cc(NC(c2ccccc2)C2CC2)ccc1O. The van der Waals surface area contributed by atoms with Crippen molar-refractivity contribution in [2.24, 2.45) is 5.92 Å². The van der Waals surface area contributed by atoms with Gasteiger partial charge in [-0.15, -0.1) is 0 Å². The molecule has 2 heteroatoms. The van der Waals surface area contributed by atoms with Gasteiger partial charge >= 0.3 is 0 Å². The van der Waals surface area contributed by atoms with Gasteiger partial charge in [0.1, 0.15) is 5.75 Å². The molecule has 1 fully saturated rings. The van der Waals surface area contributed by atoms with E-state index < -0.39 is 0 Å². The second-order valence-electron chi connectivity index (χ2n) is 5.37. The van der Waals surface area contributed by atoms with Crippen molar-refractivity contribution < 1.29 is 5.11 Å². The fraction of sp³-hybridized carbons (Fsp3) is 0.294. The first-order chi connectivity index (χ1) is 9.24. The summed E-state index contributed by atoms with van der Waals surface area (Å²) >= 11 is 0. The Morgan fingerprint density at radius 2 is 1.84 bits per heavy atom. The van der Waals surface area contributed by atoms with E-state index in [9.17, 15) is 5.11 Å². The fourth-order valence-electron chi connectivity index (χ4n) is 2.49. The van der Waals surface area contributed by atoms with Gasteiger partial charge in [0.15, 0.2) is 0 Å². The van der Waals surface area contributed by atoms with Gasteiger partial charge in [0.05, 0.1) is 6.04 Å². The van der Waals surface area contributed by atoms with Crippen molar-refractivity contribution in [3.05, 3.63) is 59.7 Å². The van der Waals surface area contributed by atoms with Crippen molar-refractivity contribution in [2.75, 3.05) is 5.32 Å². The summed E-state index contributed by atoms with van der Waals surface area (Å²) in [5, 5.41) is 13.2. The lowest BCUT2D eigenvalue weighted by molar-refractivity contribution is 0.471. The summed E-state index contributed by atoms with van der Waals surface area (Å²) in [4.78, 5) is 0. The van der Waals surface area contributed by atoms with Crippen LogP contribution < -0.4 is 5.32 Å². The van der Waals surface area contributed by atoms with Crippen molar-refractivity contribution in [2.45, 2.75) is 25.8 Å². The second-order valence-corrected chi connectivity index (χ2v) is 5.37. The van der Waals surface area contributed by atoms with Gasteiger partial charge in [-0.1, -0.05) is 30.3 Å². The second kappa shape index (κ2) is 4.96. The van der Waals surface area contributed by atoms with Crippen molar-refractivity contribution in [3.8, 4) is 5.75 Å². The van der Waals surface area contributed by atoms with Crippen molar-refractivity contribution in [1.29, 1.82) is 0 Å². The quantitative estimate of drug-likeness (QED) is 0.798. The molecule has 1 atom stereocenters. The van der Waals surface area contributed by atoms with Gasteiger partial charge in [0, 0.05) is 5.69 Å². The molecule has 0 radical (unpaired) electrons. The summed E-state index contributed by atoms with van der Waals surface area (Å²) in [6.45, 7) is 1.93. The third kappa shape index (κ3) is 2.73. The van der Waals surface area contributed by atoms with Crippen LogP contribution in [0.5, 0.6) is 5.75 Å². The molecule has 1 saturated carbocycles. The number of hydrogen-bond acceptors (Lipinski definition) is 2. The molecule has 19 heavy (non-hydrogen) atoms. The molecule has 1 aliphatic rings. The number of nitrogens with one attached hydrogen (secondary N) is 1. The maximum atomic E-state index is 9.59. The van der Waals surface area contributed by atoms with E-state index in [0.717, 1.165) is 17.2 Å². The fourth-order valence-corrected chi connectivity index (χ4v) is 2.49. The molecular weight excluding hydrogens is 234 g/mol. The normalized spacial score (nSPS) is 16.1. The maximum absolute atomic E-state index is 9.59. The molecule has 3 rings (SSSR count). The molecule has 2 N–H and O–H groups in total. The zero-order valence-electron chi connectivity index (χ0n) is 11.1. The number of aromatic hydroxyl groups is 1. The molecule has 1 unspecified atom stereocenters. The molecule has 2 nitrogen and oxygen atoms in total. The average molecular weight is 253 g/mol. The van der Waals surface area contributed by atoms with E-state index in [2.05, 4.69) is 35.6 Å². The molecule has 0 saturated heterocycles. The molecule has 0 bridgehead atoms. The van der Waals surface area contributed by atoms with Crippen LogP contribution in [0, 0.1) is 12.8 Å². The predicted molar refractivity (Wildman–Crippen MR) is 78.4 cm³/mol. The topological polar surface area (TPSA) is 32.3 Å². The van der Waals surface area contributed by atoms with Crippen LogP contribution in [0.1, 0.15) is 30.0 Å². The summed E-state index contributed by atoms with van der Waals surface area (Å²) in [6.07, 6.45) is 2.59. The molecule has 0 heterocycles. The lowest BCUT2D eigenvalue weighted by atomic mass is 10.0. The van der Waals surface area contributed by atoms with E-state index in [-0.39, 0.29) is 0 Å². The molecule has 2 aromatic rings. The highest BCUT2D eigenvalue weighted by atomic mass is 16.3. The summed E-state index contributed by atoms with van der Waals surface area (Å²) in [5.41, 5.74) is 3.33. The average Bonchev–Trinajstić information content (AvgIpc) is 3.25. The van der Waals surface area contributed by atoms with Crippen molar-refractivity contribution in [1.82, 2.24) is 0 Å². The molecule has 1 aliphatic carbocycles. The van der Waals surface area contributed by atoms with Gasteiger partial charge in [0.25, 0.3) is 0 Å². The molecule has 0 amide bonds. The highest BCUT2D eigenvalue weighted by molar-refractivity contribution is 5.52. The highest BCUT2D eigenvalue weighted by Gasteiger charge is 2.32. The zero-order chi connectivity index (χ0) is 13.2. The van der Waals surface area contributed by atoms with Gasteiger partial charge in [-0.3, -0.25) is 0 Å². The Morgan fingerprint density at radius 3 is 2.47 bits per heavy atom. The lowest BCUT2D eigenvalue weighted by Gasteiger charge is -2.20. The number of benzene rings is 2. The van der Waals surface area contributed by atoms with Gasteiger partial charge < -0.3 is 10.4 Å². The van der Waals surface area contributed by atoms with Crippen LogP contribution in [0.15, 0.2) is 48.5 Å². The monoisotopic (exact) mass is 253 g/mol. The summed E-state index contributed by atoms with van der Waals surface area (Å²) in [6, 6.07) is 16.7. The summed E-state index contributed by atoms with van der Waals surface area (Å²) < 4.78 is 0. The van der Waals surface area contributed by atoms with Crippen LogP contribution in [0.4, 0.5) is 5.69 Å². The Hall–Kier alpha value is -1.96. The van der Waals surface area contributed by atoms with Crippen LogP contribution in [-0.4, -0.2) is 5.11 Å². The van der Waals surface area contributed by atoms with E-state index in [0.29, 0.717) is 11.8 Å². The minimum absolute atomic E-state index is 0.355. The summed E-state index contributed by atoms with van der Waals surface area (Å²) in [7, 11) is 0. The number of rotatable bonds is 4. The minimum Gasteiger partial charge on any atom is -0.508 e. The van der Waals surface area contributed by atoms with Crippen molar-refractivity contribution >= 4 is 5.69 Å². The molecule has 0 aromatic heterocycles. The predicted octanol–water partition coefficient (Wildman–Crippen LogP) is 4.26. The molecule has 0 spiro atoms. The van der Waals surface area contributed by atoms with Crippen LogP contribution in [-0.2, 0) is 0 Å². The number of phenols is 1. The number of anilines is 1. The molecule has 2 aromatic carbocycles. The van der Waals surface area contributed by atoms with Crippen LogP contribution >= 0.6 is 0 Å². The Balaban J connectivity index is 1.84. The Labute approximate surface area is 114 Å². The molecular formula is C17H19NO. The lowest BCUT2D eigenvalue weighted by Crippen LogP contribution is -2.12. The maximum Gasteiger partial charge on any atom is 0.118 e. The van der Waals surface area contributed by atoms with Crippen molar-refractivity contribution in [3.63, 3.8) is 0 Å². The Bertz CT molecular complexity index is 561. The van der Waals surface area contributed by atoms with E-state index in [1.807, 2.05) is 19.1 Å². The van der Waals surface area contributed by atoms with E-state index in [1.165, 1.54) is 18.4 Å². The largest absolute Gasteiger partial charge is 0.508 e. The van der Waals surface area contributed by atoms with Gasteiger partial charge in [-0.25, -0.2) is 0 Å². The van der Waals surface area contributed by atoms with Gasteiger partial charge in [-0.2, -0.15) is 0 Å².